The van der Waals surface area contributed by atoms with Gasteiger partial charge in [-0.05, 0) is 30.7 Å². The molecule has 0 aliphatic heterocycles. The van der Waals surface area contributed by atoms with Gasteiger partial charge < -0.3 is 19.1 Å². The number of aromatic nitrogens is 2. The van der Waals surface area contributed by atoms with Crippen LogP contribution in [-0.4, -0.2) is 29.2 Å². The lowest BCUT2D eigenvalue weighted by Crippen LogP contribution is -3.11. The van der Waals surface area contributed by atoms with Crippen LogP contribution in [0, 0.1) is 11.6 Å². The van der Waals surface area contributed by atoms with Crippen molar-refractivity contribution in [1.82, 2.24) is 10.2 Å². The van der Waals surface area contributed by atoms with Gasteiger partial charge in [0.05, 0.1) is 18.5 Å². The molecule has 2 aromatic heterocycles. The van der Waals surface area contributed by atoms with E-state index in [2.05, 4.69) is 15.5 Å². The number of amides is 1. The molecule has 9 heteroatoms. The van der Waals surface area contributed by atoms with Crippen LogP contribution in [0.25, 0.3) is 11.7 Å². The minimum atomic E-state index is -0.693. The summed E-state index contributed by atoms with van der Waals surface area (Å²) in [6.45, 7) is 3.01. The van der Waals surface area contributed by atoms with Gasteiger partial charge in [0.2, 0.25) is 0 Å². The molecule has 142 valence electrons. The Hall–Kier alpha value is -3.07. The first-order chi connectivity index (χ1) is 13.0. The number of hydrogen-bond donors (Lipinski definition) is 2. The standard InChI is InChI=1S/C18H18F2N4O3/c1-2-7-24(10-16(25)21-14-9-12(19)5-6-13(14)20)11-17-22-23-18(27-17)15-4-3-8-26-15/h3-6,8-9H,2,7,10-11H2,1H3,(H,21,25)/p+1. The molecule has 1 aromatic carbocycles. The fraction of sp³-hybridized carbons (Fsp3) is 0.278. The lowest BCUT2D eigenvalue weighted by molar-refractivity contribution is -0.907. The van der Waals surface area contributed by atoms with Gasteiger partial charge in [-0.25, -0.2) is 8.78 Å². The highest BCUT2D eigenvalue weighted by molar-refractivity contribution is 5.91. The zero-order valence-electron chi connectivity index (χ0n) is 14.7. The van der Waals surface area contributed by atoms with Crippen molar-refractivity contribution >= 4 is 11.6 Å². The number of quaternary nitrogens is 1. The summed E-state index contributed by atoms with van der Waals surface area (Å²) in [6.07, 6.45) is 2.32. The lowest BCUT2D eigenvalue weighted by Gasteiger charge is -2.16. The number of benzene rings is 1. The fourth-order valence-corrected chi connectivity index (χ4v) is 2.65. The third-order valence-corrected chi connectivity index (χ3v) is 3.82. The van der Waals surface area contributed by atoms with E-state index in [-0.39, 0.29) is 18.1 Å². The van der Waals surface area contributed by atoms with E-state index in [1.807, 2.05) is 6.92 Å². The van der Waals surface area contributed by atoms with Gasteiger partial charge in [-0.2, -0.15) is 0 Å². The number of furan rings is 1. The van der Waals surface area contributed by atoms with Crippen molar-refractivity contribution in [2.24, 2.45) is 0 Å². The van der Waals surface area contributed by atoms with Gasteiger partial charge in [-0.15, -0.1) is 10.2 Å². The highest BCUT2D eigenvalue weighted by atomic mass is 19.1. The van der Waals surface area contributed by atoms with Gasteiger partial charge in [0.15, 0.2) is 18.8 Å². The number of nitrogens with one attached hydrogen (secondary N) is 2. The number of nitrogens with zero attached hydrogens (tertiary/aromatic N) is 2. The van der Waals surface area contributed by atoms with Gasteiger partial charge in [0.1, 0.15) is 11.6 Å². The molecular weight excluding hydrogens is 358 g/mol. The molecule has 0 aliphatic rings. The maximum Gasteiger partial charge on any atom is 0.283 e. The molecule has 1 amide bonds. The highest BCUT2D eigenvalue weighted by Crippen LogP contribution is 2.17. The summed E-state index contributed by atoms with van der Waals surface area (Å²) in [4.78, 5) is 13.1. The third kappa shape index (κ3) is 4.98. The second-order valence-corrected chi connectivity index (χ2v) is 6.00. The van der Waals surface area contributed by atoms with E-state index in [0.717, 1.165) is 29.5 Å². The highest BCUT2D eigenvalue weighted by Gasteiger charge is 2.20. The number of halogens is 2. The summed E-state index contributed by atoms with van der Waals surface area (Å²) in [6, 6.07) is 6.32. The van der Waals surface area contributed by atoms with E-state index >= 15 is 0 Å². The maximum atomic E-state index is 13.7. The molecular formula is C18H19F2N4O3+. The van der Waals surface area contributed by atoms with Crippen molar-refractivity contribution in [3.8, 4) is 11.7 Å². The molecule has 1 unspecified atom stereocenters. The van der Waals surface area contributed by atoms with Crippen LogP contribution >= 0.6 is 0 Å². The summed E-state index contributed by atoms with van der Waals surface area (Å²) in [5, 5.41) is 10.3. The average Bonchev–Trinajstić information content (AvgIpc) is 3.29. The molecule has 27 heavy (non-hydrogen) atoms. The number of anilines is 1. The zero-order chi connectivity index (χ0) is 19.2. The van der Waals surface area contributed by atoms with Gasteiger partial charge in [0, 0.05) is 6.07 Å². The van der Waals surface area contributed by atoms with Crippen LogP contribution in [0.2, 0.25) is 0 Å². The Morgan fingerprint density at radius 3 is 2.85 bits per heavy atom. The van der Waals surface area contributed by atoms with Crippen LogP contribution in [-0.2, 0) is 11.3 Å². The number of carbonyl (C=O) groups excluding carboxylic acids is 1. The molecule has 0 saturated heterocycles. The zero-order valence-corrected chi connectivity index (χ0v) is 14.7. The predicted molar refractivity (Wildman–Crippen MR) is 91.7 cm³/mol. The van der Waals surface area contributed by atoms with Crippen molar-refractivity contribution in [3.05, 3.63) is 54.1 Å². The second kappa shape index (κ2) is 8.54. The van der Waals surface area contributed by atoms with Gasteiger partial charge >= 0.3 is 0 Å². The van der Waals surface area contributed by atoms with Crippen molar-refractivity contribution in [2.45, 2.75) is 19.9 Å². The molecule has 3 rings (SSSR count). The minimum Gasteiger partial charge on any atom is -0.459 e. The Bertz CT molecular complexity index is 896. The average molecular weight is 377 g/mol. The molecule has 2 N–H and O–H groups in total. The maximum absolute atomic E-state index is 13.7. The molecule has 7 nitrogen and oxygen atoms in total. The number of rotatable bonds is 8. The van der Waals surface area contributed by atoms with E-state index in [1.54, 1.807) is 12.1 Å². The minimum absolute atomic E-state index is 0.0439. The van der Waals surface area contributed by atoms with Crippen LogP contribution in [0.15, 0.2) is 45.4 Å². The Balaban J connectivity index is 1.63. The first kappa shape index (κ1) is 18.7. The molecule has 3 aromatic rings. The first-order valence-corrected chi connectivity index (χ1v) is 8.50. The largest absolute Gasteiger partial charge is 0.459 e. The second-order valence-electron chi connectivity index (χ2n) is 6.00. The van der Waals surface area contributed by atoms with E-state index in [1.165, 1.54) is 6.26 Å². The van der Waals surface area contributed by atoms with Gasteiger partial charge in [0.25, 0.3) is 17.7 Å². The van der Waals surface area contributed by atoms with Crippen LogP contribution in [0.1, 0.15) is 19.2 Å². The predicted octanol–water partition coefficient (Wildman–Crippen LogP) is 2.04. The van der Waals surface area contributed by atoms with Gasteiger partial charge in [-0.1, -0.05) is 6.92 Å². The monoisotopic (exact) mass is 377 g/mol. The number of hydrogen-bond acceptors (Lipinski definition) is 5. The molecule has 0 fully saturated rings. The summed E-state index contributed by atoms with van der Waals surface area (Å²) >= 11 is 0. The molecule has 0 spiro atoms. The summed E-state index contributed by atoms with van der Waals surface area (Å²) < 4.78 is 37.7. The van der Waals surface area contributed by atoms with Crippen LogP contribution in [0.5, 0.6) is 0 Å². The lowest BCUT2D eigenvalue weighted by atomic mass is 10.3. The van der Waals surface area contributed by atoms with Crippen LogP contribution < -0.4 is 10.2 Å². The van der Waals surface area contributed by atoms with Crippen molar-refractivity contribution in [1.29, 1.82) is 0 Å². The number of carbonyl (C=O) groups is 1. The topological polar surface area (TPSA) is 85.6 Å². The van der Waals surface area contributed by atoms with E-state index in [9.17, 15) is 13.6 Å². The molecule has 2 heterocycles. The Labute approximate surface area is 154 Å². The van der Waals surface area contributed by atoms with Crippen molar-refractivity contribution < 1.29 is 27.3 Å². The van der Waals surface area contributed by atoms with E-state index in [4.69, 9.17) is 8.83 Å². The van der Waals surface area contributed by atoms with Crippen molar-refractivity contribution in [2.75, 3.05) is 18.4 Å². The fourth-order valence-electron chi connectivity index (χ4n) is 2.65. The van der Waals surface area contributed by atoms with Gasteiger partial charge in [-0.3, -0.25) is 4.79 Å². The quantitative estimate of drug-likeness (QED) is 0.628. The molecule has 0 radical (unpaired) electrons. The summed E-state index contributed by atoms with van der Waals surface area (Å²) in [5.41, 5.74) is -0.186. The smallest absolute Gasteiger partial charge is 0.283 e. The van der Waals surface area contributed by atoms with Crippen LogP contribution in [0.3, 0.4) is 0 Å². The van der Waals surface area contributed by atoms with Crippen molar-refractivity contribution in [3.63, 3.8) is 0 Å². The Morgan fingerprint density at radius 2 is 2.11 bits per heavy atom. The third-order valence-electron chi connectivity index (χ3n) is 3.82. The van der Waals surface area contributed by atoms with Crippen LogP contribution in [0.4, 0.5) is 14.5 Å². The molecule has 1 atom stereocenters. The molecule has 0 saturated carbocycles. The molecule has 0 bridgehead atoms. The first-order valence-electron chi connectivity index (χ1n) is 8.50. The summed E-state index contributed by atoms with van der Waals surface area (Å²) in [7, 11) is 0. The normalized spacial score (nSPS) is 12.1. The Morgan fingerprint density at radius 1 is 1.26 bits per heavy atom. The summed E-state index contributed by atoms with van der Waals surface area (Å²) in [5.74, 6) is -0.673. The molecule has 0 aliphatic carbocycles. The SMILES string of the molecule is CCC[NH+](CC(=O)Nc1cc(F)ccc1F)Cc1nnc(-c2ccco2)o1. The Kier molecular flexibility index (Phi) is 5.92. The van der Waals surface area contributed by atoms with E-state index < -0.39 is 17.5 Å². The van der Waals surface area contributed by atoms with E-state index in [0.29, 0.717) is 24.7 Å².